The Balaban J connectivity index is 2.47. The molecule has 1 aromatic carbocycles. The highest BCUT2D eigenvalue weighted by Crippen LogP contribution is 2.37. The maximum Gasteiger partial charge on any atom is 0.387 e. The van der Waals surface area contributed by atoms with Gasteiger partial charge in [-0.2, -0.15) is 8.78 Å². The fraction of sp³-hybridized carbons (Fsp3) is 0.524. The van der Waals surface area contributed by atoms with Gasteiger partial charge in [0.15, 0.2) is 9.92 Å². The average molecular weight is 489 g/mol. The fourth-order valence-electron chi connectivity index (χ4n) is 2.92. The van der Waals surface area contributed by atoms with E-state index >= 15 is 0 Å². The number of nitrogens with zero attached hydrogens (tertiary/aromatic N) is 2. The van der Waals surface area contributed by atoms with Gasteiger partial charge in [-0.25, -0.2) is 19.1 Å². The van der Waals surface area contributed by atoms with Crippen LogP contribution in [0.4, 0.5) is 19.3 Å². The molecule has 2 amide bonds. The maximum atomic E-state index is 12.9. The van der Waals surface area contributed by atoms with E-state index in [1.807, 2.05) is 48.5 Å². The Bertz CT molecular complexity index is 1070. The van der Waals surface area contributed by atoms with Crippen molar-refractivity contribution in [2.24, 2.45) is 9.50 Å². The number of anilines is 1. The summed E-state index contributed by atoms with van der Waals surface area (Å²) in [4.78, 5) is 17.7. The second-order valence-electron chi connectivity index (χ2n) is 9.00. The molecule has 3 N–H and O–H groups in total. The van der Waals surface area contributed by atoms with E-state index in [1.165, 1.54) is 12.1 Å². The van der Waals surface area contributed by atoms with Crippen molar-refractivity contribution in [2.45, 2.75) is 76.7 Å². The van der Waals surface area contributed by atoms with Gasteiger partial charge in [0.1, 0.15) is 5.75 Å². The maximum absolute atomic E-state index is 12.9. The van der Waals surface area contributed by atoms with Gasteiger partial charge in [-0.3, -0.25) is 0 Å². The highest BCUT2D eigenvalue weighted by Gasteiger charge is 2.23. The number of amides is 2. The number of nitrogens with one attached hydrogen (secondary N) is 1. The Labute approximate surface area is 192 Å². The monoisotopic (exact) mass is 488 g/mol. The molecule has 0 saturated heterocycles. The molecular weight excluding hydrogens is 458 g/mol. The van der Waals surface area contributed by atoms with Crippen molar-refractivity contribution in [1.29, 1.82) is 0 Å². The first-order valence-electron chi connectivity index (χ1n) is 10.1. The number of rotatable bonds is 6. The molecule has 0 spiro atoms. The van der Waals surface area contributed by atoms with Crippen molar-refractivity contribution in [2.75, 3.05) is 5.32 Å². The van der Waals surface area contributed by atoms with Crippen molar-refractivity contribution in [1.82, 2.24) is 4.98 Å². The standard InChI is InChI=1S/C21H30F2N4O3S2/c1-11(2)14-8-13(30-18(22)23)9-15(12(3)4)17(14)26-19(28)27-32(24,29)20-25-10-16(31-20)21(5,6)7/h8-12,18H,1-7H3,(H3,24,26,27,28,29)/t32-/m1/s1. The third-order valence-electron chi connectivity index (χ3n) is 4.57. The molecule has 1 atom stereocenters. The zero-order chi connectivity index (χ0) is 24.4. The molecule has 32 heavy (non-hydrogen) atoms. The normalized spacial score (nSPS) is 14.0. The number of carbonyl (C=O) groups is 1. The van der Waals surface area contributed by atoms with Gasteiger partial charge in [0.2, 0.25) is 4.34 Å². The molecule has 11 heteroatoms. The largest absolute Gasteiger partial charge is 0.435 e. The molecule has 0 aliphatic carbocycles. The number of hydrogen-bond donors (Lipinski definition) is 2. The van der Waals surface area contributed by atoms with Gasteiger partial charge < -0.3 is 10.1 Å². The average Bonchev–Trinajstić information content (AvgIpc) is 3.12. The zero-order valence-corrected chi connectivity index (χ0v) is 20.9. The third kappa shape index (κ3) is 6.46. The molecule has 0 radical (unpaired) electrons. The van der Waals surface area contributed by atoms with Crippen molar-refractivity contribution in [3.63, 3.8) is 0 Å². The number of carbonyl (C=O) groups excluding carboxylic acids is 1. The predicted octanol–water partition coefficient (Wildman–Crippen LogP) is 6.22. The number of urea groups is 1. The van der Waals surface area contributed by atoms with Crippen molar-refractivity contribution in [3.05, 3.63) is 34.3 Å². The summed E-state index contributed by atoms with van der Waals surface area (Å²) >= 11 is 1.15. The Hall–Kier alpha value is -2.11. The minimum absolute atomic E-state index is 0.00227. The van der Waals surface area contributed by atoms with Gasteiger partial charge in [0, 0.05) is 16.8 Å². The van der Waals surface area contributed by atoms with E-state index < -0.39 is 22.6 Å². The molecular formula is C21H30F2N4O3S2. The van der Waals surface area contributed by atoms with Gasteiger partial charge in [-0.15, -0.1) is 15.7 Å². The topological polar surface area (TPSA) is 107 Å². The molecule has 1 heterocycles. The summed E-state index contributed by atoms with van der Waals surface area (Å²) in [5, 5.41) is 8.52. The van der Waals surface area contributed by atoms with Crippen LogP contribution in [-0.2, 0) is 15.3 Å². The lowest BCUT2D eigenvalue weighted by Gasteiger charge is -2.21. The summed E-state index contributed by atoms with van der Waals surface area (Å²) in [6.45, 7) is 10.4. The summed E-state index contributed by atoms with van der Waals surface area (Å²) in [6.07, 6.45) is 1.58. The van der Waals surface area contributed by atoms with Gasteiger partial charge in [-0.05, 0) is 40.5 Å². The zero-order valence-electron chi connectivity index (χ0n) is 19.2. The summed E-state index contributed by atoms with van der Waals surface area (Å²) < 4.78 is 46.8. The van der Waals surface area contributed by atoms with Crippen LogP contribution in [0.1, 0.15) is 76.3 Å². The minimum atomic E-state index is -3.56. The van der Waals surface area contributed by atoms with Crippen LogP contribution in [0.25, 0.3) is 0 Å². The smallest absolute Gasteiger partial charge is 0.387 e. The molecule has 178 valence electrons. The predicted molar refractivity (Wildman–Crippen MR) is 124 cm³/mol. The highest BCUT2D eigenvalue weighted by molar-refractivity contribution is 7.93. The van der Waals surface area contributed by atoms with Gasteiger partial charge in [0.25, 0.3) is 0 Å². The van der Waals surface area contributed by atoms with Crippen LogP contribution in [0, 0.1) is 0 Å². The first-order valence-corrected chi connectivity index (χ1v) is 12.5. The quantitative estimate of drug-likeness (QED) is 0.503. The number of ether oxygens (including phenoxy) is 1. The number of nitrogens with two attached hydrogens (primary N) is 1. The van der Waals surface area contributed by atoms with E-state index in [0.717, 1.165) is 16.2 Å². The SMILES string of the molecule is CC(C)c1cc(OC(F)F)cc(C(C)C)c1NC(=O)N=[S@@](N)(=O)c1ncc(C(C)(C)C)s1. The van der Waals surface area contributed by atoms with Gasteiger partial charge in [-0.1, -0.05) is 48.5 Å². The van der Waals surface area contributed by atoms with Gasteiger partial charge in [0.05, 0.1) is 0 Å². The first kappa shape index (κ1) is 26.1. The van der Waals surface area contributed by atoms with Crippen LogP contribution < -0.4 is 15.2 Å². The molecule has 0 bridgehead atoms. The number of benzene rings is 1. The lowest BCUT2D eigenvalue weighted by Crippen LogP contribution is -2.19. The second-order valence-corrected chi connectivity index (χ2v) is 12.0. The van der Waals surface area contributed by atoms with Gasteiger partial charge >= 0.3 is 12.6 Å². The van der Waals surface area contributed by atoms with E-state index in [0.29, 0.717) is 16.8 Å². The molecule has 0 saturated carbocycles. The molecule has 1 aromatic heterocycles. The summed E-state index contributed by atoms with van der Waals surface area (Å²) in [5.41, 5.74) is 1.37. The Morgan fingerprint density at radius 3 is 2.12 bits per heavy atom. The van der Waals surface area contributed by atoms with Crippen LogP contribution in [0.5, 0.6) is 5.75 Å². The fourth-order valence-corrected chi connectivity index (χ4v) is 5.05. The molecule has 2 rings (SSSR count). The lowest BCUT2D eigenvalue weighted by molar-refractivity contribution is -0.0499. The first-order chi connectivity index (χ1) is 14.6. The van der Waals surface area contributed by atoms with Crippen LogP contribution in [-0.4, -0.2) is 21.8 Å². The second kappa shape index (κ2) is 9.80. The Morgan fingerprint density at radius 1 is 1.19 bits per heavy atom. The molecule has 2 aromatic rings. The summed E-state index contributed by atoms with van der Waals surface area (Å²) in [6, 6.07) is 2.00. The van der Waals surface area contributed by atoms with Crippen LogP contribution in [0.3, 0.4) is 0 Å². The molecule has 7 nitrogen and oxygen atoms in total. The Morgan fingerprint density at radius 2 is 1.72 bits per heavy atom. The number of alkyl halides is 2. The highest BCUT2D eigenvalue weighted by atomic mass is 32.2. The number of hydrogen-bond acceptors (Lipinski definition) is 5. The summed E-state index contributed by atoms with van der Waals surface area (Å²) in [5.74, 6) is -0.249. The van der Waals surface area contributed by atoms with Crippen molar-refractivity contribution < 1.29 is 22.5 Å². The van der Waals surface area contributed by atoms with E-state index in [2.05, 4.69) is 19.4 Å². The van der Waals surface area contributed by atoms with Crippen molar-refractivity contribution >= 4 is 33.0 Å². The summed E-state index contributed by atoms with van der Waals surface area (Å²) in [7, 11) is -3.56. The van der Waals surface area contributed by atoms with Crippen LogP contribution >= 0.6 is 11.3 Å². The number of thiazole rings is 1. The number of halogens is 2. The molecule has 0 fully saturated rings. The van der Waals surface area contributed by atoms with E-state index in [-0.39, 0.29) is 27.3 Å². The number of aromatic nitrogens is 1. The van der Waals surface area contributed by atoms with E-state index in [9.17, 15) is 17.8 Å². The van der Waals surface area contributed by atoms with Crippen LogP contribution in [0.15, 0.2) is 27.0 Å². The molecule has 0 aliphatic rings. The van der Waals surface area contributed by atoms with E-state index in [4.69, 9.17) is 5.14 Å². The van der Waals surface area contributed by atoms with Crippen molar-refractivity contribution in [3.8, 4) is 5.75 Å². The van der Waals surface area contributed by atoms with Crippen LogP contribution in [0.2, 0.25) is 0 Å². The molecule has 0 aliphatic heterocycles. The lowest BCUT2D eigenvalue weighted by atomic mass is 9.92. The third-order valence-corrected chi connectivity index (χ3v) is 7.79. The minimum Gasteiger partial charge on any atom is -0.435 e. The Kier molecular flexibility index (Phi) is 8.01. The molecule has 0 unspecified atom stereocenters. The van der Waals surface area contributed by atoms with E-state index in [1.54, 1.807) is 6.20 Å².